The summed E-state index contributed by atoms with van der Waals surface area (Å²) in [4.78, 5) is 4.48. The van der Waals surface area contributed by atoms with Crippen molar-refractivity contribution in [1.82, 2.24) is 15.2 Å². The van der Waals surface area contributed by atoms with Crippen molar-refractivity contribution in [1.29, 1.82) is 5.26 Å². The third-order valence-corrected chi connectivity index (χ3v) is 4.14. The average molecular weight is 337 g/mol. The third kappa shape index (κ3) is 5.68. The van der Waals surface area contributed by atoms with Gasteiger partial charge in [0.2, 0.25) is 5.96 Å². The Labute approximate surface area is 150 Å². The molecule has 2 rings (SSSR count). The van der Waals surface area contributed by atoms with Crippen molar-refractivity contribution < 1.29 is 0 Å². The first-order valence-corrected chi connectivity index (χ1v) is 8.53. The van der Waals surface area contributed by atoms with E-state index in [4.69, 9.17) is 5.26 Å². The summed E-state index contributed by atoms with van der Waals surface area (Å²) in [5.41, 5.74) is 3.81. The molecule has 132 valence electrons. The zero-order valence-corrected chi connectivity index (χ0v) is 15.5. The highest BCUT2D eigenvalue weighted by molar-refractivity contribution is 5.81. The third-order valence-electron chi connectivity index (χ3n) is 4.14. The molecule has 0 radical (unpaired) electrons. The van der Waals surface area contributed by atoms with Gasteiger partial charge in [-0.25, -0.2) is 4.99 Å². The van der Waals surface area contributed by atoms with E-state index in [2.05, 4.69) is 71.3 Å². The minimum Gasteiger partial charge on any atom is -0.355 e. The lowest BCUT2D eigenvalue weighted by Gasteiger charge is -2.19. The van der Waals surface area contributed by atoms with E-state index in [0.717, 1.165) is 12.0 Å². The van der Waals surface area contributed by atoms with Gasteiger partial charge in [-0.15, -0.1) is 0 Å². The summed E-state index contributed by atoms with van der Waals surface area (Å²) in [5.74, 6) is 0.511. The smallest absolute Gasteiger partial charge is 0.205 e. The van der Waals surface area contributed by atoms with E-state index in [0.29, 0.717) is 19.0 Å². The summed E-state index contributed by atoms with van der Waals surface area (Å²) in [6.07, 6.45) is 4.84. The summed E-state index contributed by atoms with van der Waals surface area (Å²) in [5, 5.41) is 14.7. The molecule has 2 aromatic rings. The van der Waals surface area contributed by atoms with Crippen molar-refractivity contribution in [3.05, 3.63) is 59.4 Å². The highest BCUT2D eigenvalue weighted by atomic mass is 15.2. The number of hydrogen-bond acceptors (Lipinski definition) is 2. The number of nitrogens with zero attached hydrogens (tertiary/aromatic N) is 3. The van der Waals surface area contributed by atoms with Crippen LogP contribution in [0.15, 0.2) is 47.6 Å². The van der Waals surface area contributed by atoms with Gasteiger partial charge in [-0.1, -0.05) is 45.0 Å². The largest absolute Gasteiger partial charge is 0.355 e. The summed E-state index contributed by atoms with van der Waals surface area (Å²) < 4.78 is 2.09. The monoisotopic (exact) mass is 337 g/mol. The first-order valence-electron chi connectivity index (χ1n) is 8.53. The highest BCUT2D eigenvalue weighted by Gasteiger charge is 2.12. The summed E-state index contributed by atoms with van der Waals surface area (Å²) in [6, 6.07) is 12.6. The van der Waals surface area contributed by atoms with E-state index in [1.54, 1.807) is 0 Å². The predicted molar refractivity (Wildman–Crippen MR) is 102 cm³/mol. The Morgan fingerprint density at radius 3 is 2.48 bits per heavy atom. The molecule has 25 heavy (non-hydrogen) atoms. The van der Waals surface area contributed by atoms with Gasteiger partial charge in [-0.2, -0.15) is 5.26 Å². The standard InChI is InChI=1S/C20H27N5/c1-20(2,3)17-9-7-16(8-10-17)14-23-19(24-15-21)22-12-11-18-6-5-13-25(18)4/h5-10,13H,11-12,14H2,1-4H3,(H2,22,23,24). The second-order valence-electron chi connectivity index (χ2n) is 7.14. The Balaban J connectivity index is 1.92. The summed E-state index contributed by atoms with van der Waals surface area (Å²) in [7, 11) is 2.03. The molecule has 5 nitrogen and oxygen atoms in total. The molecule has 0 saturated carbocycles. The number of rotatable bonds is 5. The fraction of sp³-hybridized carbons (Fsp3) is 0.400. The van der Waals surface area contributed by atoms with Crippen LogP contribution in [0.4, 0.5) is 0 Å². The van der Waals surface area contributed by atoms with Crippen LogP contribution in [0.5, 0.6) is 0 Å². The molecule has 5 heteroatoms. The van der Waals surface area contributed by atoms with Gasteiger partial charge in [0.15, 0.2) is 6.19 Å². The van der Waals surface area contributed by atoms with Crippen molar-refractivity contribution in [2.24, 2.45) is 12.0 Å². The Hall–Kier alpha value is -2.74. The molecule has 0 aliphatic heterocycles. The predicted octanol–water partition coefficient (Wildman–Crippen LogP) is 3.08. The van der Waals surface area contributed by atoms with E-state index in [-0.39, 0.29) is 5.41 Å². The molecule has 1 heterocycles. The van der Waals surface area contributed by atoms with Crippen LogP contribution in [0.1, 0.15) is 37.6 Å². The molecule has 0 fully saturated rings. The number of aryl methyl sites for hydroxylation is 1. The van der Waals surface area contributed by atoms with E-state index < -0.39 is 0 Å². The molecule has 0 unspecified atom stereocenters. The number of aromatic nitrogens is 1. The van der Waals surface area contributed by atoms with E-state index >= 15 is 0 Å². The summed E-state index contributed by atoms with van der Waals surface area (Å²) >= 11 is 0. The van der Waals surface area contributed by atoms with Crippen molar-refractivity contribution in [3.63, 3.8) is 0 Å². The number of benzene rings is 1. The fourth-order valence-corrected chi connectivity index (χ4v) is 2.54. The van der Waals surface area contributed by atoms with Crippen LogP contribution in [0, 0.1) is 11.5 Å². The van der Waals surface area contributed by atoms with Crippen LogP contribution in [-0.2, 0) is 25.4 Å². The minimum atomic E-state index is 0.147. The van der Waals surface area contributed by atoms with Gasteiger partial charge in [-0.3, -0.25) is 5.32 Å². The van der Waals surface area contributed by atoms with Gasteiger partial charge in [0.25, 0.3) is 0 Å². The molecular weight excluding hydrogens is 310 g/mol. The van der Waals surface area contributed by atoms with E-state index in [1.807, 2.05) is 25.5 Å². The number of nitrogens with one attached hydrogen (secondary N) is 2. The average Bonchev–Trinajstić information content (AvgIpc) is 2.97. The number of nitriles is 1. The maximum absolute atomic E-state index is 8.90. The van der Waals surface area contributed by atoms with Crippen LogP contribution >= 0.6 is 0 Å². The topological polar surface area (TPSA) is 65.1 Å². The zero-order valence-electron chi connectivity index (χ0n) is 15.5. The van der Waals surface area contributed by atoms with Crippen LogP contribution in [0.2, 0.25) is 0 Å². The van der Waals surface area contributed by atoms with Crippen molar-refractivity contribution in [2.75, 3.05) is 6.54 Å². The molecule has 0 spiro atoms. The maximum Gasteiger partial charge on any atom is 0.205 e. The second kappa shape index (κ2) is 8.39. The van der Waals surface area contributed by atoms with Gasteiger partial charge in [0.1, 0.15) is 0 Å². The quantitative estimate of drug-likeness (QED) is 0.381. The first kappa shape index (κ1) is 18.6. The van der Waals surface area contributed by atoms with Gasteiger partial charge in [-0.05, 0) is 28.7 Å². The highest BCUT2D eigenvalue weighted by Crippen LogP contribution is 2.22. The van der Waals surface area contributed by atoms with Gasteiger partial charge in [0.05, 0.1) is 6.54 Å². The molecule has 1 aromatic heterocycles. The molecule has 0 aliphatic rings. The Bertz CT molecular complexity index is 742. The number of guanidine groups is 1. The van der Waals surface area contributed by atoms with Crippen LogP contribution in [0.25, 0.3) is 0 Å². The summed E-state index contributed by atoms with van der Waals surface area (Å²) in [6.45, 7) is 7.85. The molecule has 0 aliphatic carbocycles. The number of hydrogen-bond donors (Lipinski definition) is 2. The SMILES string of the molecule is Cn1cccc1CCNC(=NCc1ccc(C(C)(C)C)cc1)NC#N. The van der Waals surface area contributed by atoms with Crippen molar-refractivity contribution in [2.45, 2.75) is 39.2 Å². The van der Waals surface area contributed by atoms with Crippen molar-refractivity contribution >= 4 is 5.96 Å². The van der Waals surface area contributed by atoms with Crippen LogP contribution < -0.4 is 10.6 Å². The normalized spacial score (nSPS) is 11.9. The first-order chi connectivity index (χ1) is 11.9. The molecule has 2 N–H and O–H groups in total. The lowest BCUT2D eigenvalue weighted by molar-refractivity contribution is 0.590. The van der Waals surface area contributed by atoms with Crippen LogP contribution in [-0.4, -0.2) is 17.1 Å². The second-order valence-corrected chi connectivity index (χ2v) is 7.14. The molecule has 0 amide bonds. The van der Waals surface area contributed by atoms with Crippen molar-refractivity contribution in [3.8, 4) is 6.19 Å². The van der Waals surface area contributed by atoms with Crippen LogP contribution in [0.3, 0.4) is 0 Å². The lowest BCUT2D eigenvalue weighted by atomic mass is 9.87. The van der Waals surface area contributed by atoms with Gasteiger partial charge >= 0.3 is 0 Å². The van der Waals surface area contributed by atoms with E-state index in [1.165, 1.54) is 11.3 Å². The molecule has 0 saturated heterocycles. The molecular formula is C20H27N5. The zero-order chi connectivity index (χ0) is 18.3. The lowest BCUT2D eigenvalue weighted by Crippen LogP contribution is -2.36. The van der Waals surface area contributed by atoms with Gasteiger partial charge in [0, 0.05) is 31.9 Å². The number of aliphatic imine (C=N–C) groups is 1. The molecule has 0 bridgehead atoms. The Morgan fingerprint density at radius 2 is 1.92 bits per heavy atom. The fourth-order valence-electron chi connectivity index (χ4n) is 2.54. The molecule has 1 aromatic carbocycles. The van der Waals surface area contributed by atoms with Gasteiger partial charge < -0.3 is 9.88 Å². The molecule has 0 atom stereocenters. The Kier molecular flexibility index (Phi) is 6.24. The maximum atomic E-state index is 8.90. The Morgan fingerprint density at radius 1 is 1.20 bits per heavy atom. The van der Waals surface area contributed by atoms with E-state index in [9.17, 15) is 0 Å². The minimum absolute atomic E-state index is 0.147.